The summed E-state index contributed by atoms with van der Waals surface area (Å²) in [6.45, 7) is 9.30. The normalized spacial score (nSPS) is 13.7. The molecular formula is C20H26N4S2. The van der Waals surface area contributed by atoms with Crippen LogP contribution >= 0.6 is 22.7 Å². The Morgan fingerprint density at radius 1 is 1.12 bits per heavy atom. The molecule has 3 rings (SSSR count). The number of fused-ring (bicyclic) bond motifs is 1. The highest BCUT2D eigenvalue weighted by molar-refractivity contribution is 7.28. The summed E-state index contributed by atoms with van der Waals surface area (Å²) in [4.78, 5) is 7.09. The van der Waals surface area contributed by atoms with E-state index < -0.39 is 0 Å². The van der Waals surface area contributed by atoms with Crippen LogP contribution in [0.5, 0.6) is 0 Å². The summed E-state index contributed by atoms with van der Waals surface area (Å²) >= 11 is 3.38. The van der Waals surface area contributed by atoms with Gasteiger partial charge < -0.3 is 5.73 Å². The second kappa shape index (κ2) is 7.84. The molecule has 0 aliphatic rings. The highest BCUT2D eigenvalue weighted by Gasteiger charge is 2.16. The smallest absolute Gasteiger partial charge is 0.231 e. The number of nitrogens with two attached hydrogens (primary N) is 1. The van der Waals surface area contributed by atoms with Crippen molar-refractivity contribution in [2.45, 2.75) is 47.0 Å². The molecule has 0 amide bonds. The largest absolute Gasteiger partial charge is 0.399 e. The number of azo groups is 1. The maximum absolute atomic E-state index is 5.68. The Hall–Kier alpha value is -1.79. The lowest BCUT2D eigenvalue weighted by atomic mass is 9.83. The third-order valence-corrected chi connectivity index (χ3v) is 6.22. The van der Waals surface area contributed by atoms with Gasteiger partial charge >= 0.3 is 0 Å². The van der Waals surface area contributed by atoms with E-state index in [9.17, 15) is 0 Å². The van der Waals surface area contributed by atoms with Gasteiger partial charge in [0.15, 0.2) is 0 Å². The summed E-state index contributed by atoms with van der Waals surface area (Å²) in [5.74, 6) is 0.743. The first-order valence-electron chi connectivity index (χ1n) is 8.95. The first-order valence-corrected chi connectivity index (χ1v) is 10.6. The van der Waals surface area contributed by atoms with E-state index in [1.165, 1.54) is 22.4 Å². The van der Waals surface area contributed by atoms with Gasteiger partial charge in [0.25, 0.3) is 0 Å². The Morgan fingerprint density at radius 3 is 2.50 bits per heavy atom. The molecule has 2 N–H and O–H groups in total. The maximum atomic E-state index is 5.68. The fourth-order valence-electron chi connectivity index (χ4n) is 3.11. The zero-order chi connectivity index (χ0) is 18.7. The van der Waals surface area contributed by atoms with Gasteiger partial charge in [-0.2, -0.15) is 0 Å². The molecule has 0 bridgehead atoms. The van der Waals surface area contributed by atoms with E-state index in [1.54, 1.807) is 22.7 Å². The molecule has 1 atom stereocenters. The molecule has 4 nitrogen and oxygen atoms in total. The average molecular weight is 387 g/mol. The van der Waals surface area contributed by atoms with Crippen LogP contribution in [0.25, 0.3) is 9.53 Å². The van der Waals surface area contributed by atoms with Gasteiger partial charge in [-0.05, 0) is 60.9 Å². The van der Waals surface area contributed by atoms with Crippen LogP contribution < -0.4 is 5.73 Å². The van der Waals surface area contributed by atoms with E-state index in [-0.39, 0.29) is 0 Å². The van der Waals surface area contributed by atoms with Gasteiger partial charge in [0, 0.05) is 10.6 Å². The quantitative estimate of drug-likeness (QED) is 0.355. The SMILES string of the molecule is CC(CCc1cc2sc(N=Nc3ccc(N)cc3)nc2s1)CC(C)(C)C. The molecule has 2 heterocycles. The van der Waals surface area contributed by atoms with Crippen LogP contribution in [-0.2, 0) is 6.42 Å². The minimum Gasteiger partial charge on any atom is -0.399 e. The summed E-state index contributed by atoms with van der Waals surface area (Å²) in [6, 6.07) is 9.62. The van der Waals surface area contributed by atoms with Crippen LogP contribution in [0.3, 0.4) is 0 Å². The predicted molar refractivity (Wildman–Crippen MR) is 114 cm³/mol. The molecular weight excluding hydrogens is 360 g/mol. The lowest BCUT2D eigenvalue weighted by Crippen LogP contribution is -2.11. The molecule has 1 aromatic carbocycles. The fraction of sp³-hybridized carbons (Fsp3) is 0.450. The molecule has 6 heteroatoms. The Labute approximate surface area is 163 Å². The van der Waals surface area contributed by atoms with Crippen molar-refractivity contribution in [3.63, 3.8) is 0 Å². The second-order valence-corrected chi connectivity index (χ2v) is 10.2. The van der Waals surface area contributed by atoms with Gasteiger partial charge in [-0.15, -0.1) is 21.6 Å². The molecule has 0 aliphatic carbocycles. The van der Waals surface area contributed by atoms with E-state index in [2.05, 4.69) is 49.0 Å². The number of thiophene rings is 1. The highest BCUT2D eigenvalue weighted by Crippen LogP contribution is 2.36. The Morgan fingerprint density at radius 2 is 1.85 bits per heavy atom. The molecule has 0 spiro atoms. The number of rotatable bonds is 6. The van der Waals surface area contributed by atoms with Gasteiger partial charge in [-0.3, -0.25) is 0 Å². The average Bonchev–Trinajstić information content (AvgIpc) is 3.09. The van der Waals surface area contributed by atoms with Crippen molar-refractivity contribution in [2.24, 2.45) is 21.6 Å². The number of hydrogen-bond acceptors (Lipinski definition) is 6. The van der Waals surface area contributed by atoms with Gasteiger partial charge in [0.1, 0.15) is 4.83 Å². The van der Waals surface area contributed by atoms with Crippen molar-refractivity contribution in [1.82, 2.24) is 4.98 Å². The second-order valence-electron chi connectivity index (χ2n) is 8.08. The number of nitrogen functional groups attached to an aromatic ring is 1. The zero-order valence-electron chi connectivity index (χ0n) is 15.8. The Bertz CT molecular complexity index is 853. The van der Waals surface area contributed by atoms with Gasteiger partial charge in [0.05, 0.1) is 10.4 Å². The monoisotopic (exact) mass is 386 g/mol. The van der Waals surface area contributed by atoms with E-state index >= 15 is 0 Å². The molecule has 2 aromatic heterocycles. The topological polar surface area (TPSA) is 63.6 Å². The molecule has 0 saturated heterocycles. The van der Waals surface area contributed by atoms with Crippen LogP contribution in [-0.4, -0.2) is 4.98 Å². The number of aryl methyl sites for hydroxylation is 1. The number of hydrogen-bond donors (Lipinski definition) is 1. The Kier molecular flexibility index (Phi) is 5.73. The minimum atomic E-state index is 0.404. The molecule has 0 saturated carbocycles. The Balaban J connectivity index is 1.61. The third-order valence-electron chi connectivity index (χ3n) is 4.12. The van der Waals surface area contributed by atoms with Gasteiger partial charge in [-0.25, -0.2) is 4.98 Å². The zero-order valence-corrected chi connectivity index (χ0v) is 17.5. The third kappa shape index (κ3) is 5.35. The van der Waals surface area contributed by atoms with Crippen LogP contribution in [0.4, 0.5) is 16.5 Å². The van der Waals surface area contributed by atoms with Crippen molar-refractivity contribution in [2.75, 3.05) is 5.73 Å². The summed E-state index contributed by atoms with van der Waals surface area (Å²) in [6.07, 6.45) is 3.63. The van der Waals surface area contributed by atoms with E-state index in [4.69, 9.17) is 5.73 Å². The number of nitrogens with zero attached hydrogens (tertiary/aromatic N) is 3. The van der Waals surface area contributed by atoms with Crippen LogP contribution in [0.2, 0.25) is 0 Å². The number of aromatic nitrogens is 1. The summed E-state index contributed by atoms with van der Waals surface area (Å²) in [5.41, 5.74) is 7.59. The molecule has 138 valence electrons. The molecule has 0 radical (unpaired) electrons. The summed E-state index contributed by atoms with van der Waals surface area (Å²) < 4.78 is 1.21. The minimum absolute atomic E-state index is 0.404. The van der Waals surface area contributed by atoms with Crippen LogP contribution in [0.1, 0.15) is 45.4 Å². The van der Waals surface area contributed by atoms with Crippen molar-refractivity contribution in [1.29, 1.82) is 0 Å². The summed E-state index contributed by atoms with van der Waals surface area (Å²) in [7, 11) is 0. The van der Waals surface area contributed by atoms with Crippen LogP contribution in [0, 0.1) is 11.3 Å². The maximum Gasteiger partial charge on any atom is 0.231 e. The number of thiazole rings is 1. The van der Waals surface area contributed by atoms with Crippen molar-refractivity contribution >= 4 is 48.7 Å². The standard InChI is InChI=1S/C20H26N4S2/c1-13(12-20(2,3)4)5-10-16-11-17-18(25-16)22-19(26-17)24-23-15-8-6-14(21)7-9-15/h6-9,11,13H,5,10,12,21H2,1-4H3. The fourth-order valence-corrected chi connectivity index (χ4v) is 5.18. The number of anilines is 1. The molecule has 0 aliphatic heterocycles. The van der Waals surface area contributed by atoms with Gasteiger partial charge in [-0.1, -0.05) is 39.0 Å². The molecule has 26 heavy (non-hydrogen) atoms. The van der Waals surface area contributed by atoms with Crippen LogP contribution in [0.15, 0.2) is 40.6 Å². The predicted octanol–water partition coefficient (Wildman–Crippen LogP) is 7.36. The molecule has 0 fully saturated rings. The number of benzene rings is 1. The lowest BCUT2D eigenvalue weighted by Gasteiger charge is -2.22. The lowest BCUT2D eigenvalue weighted by molar-refractivity contribution is 0.297. The van der Waals surface area contributed by atoms with Crippen molar-refractivity contribution in [3.05, 3.63) is 35.2 Å². The van der Waals surface area contributed by atoms with Crippen molar-refractivity contribution in [3.8, 4) is 0 Å². The van der Waals surface area contributed by atoms with E-state index in [0.717, 1.165) is 28.5 Å². The first-order chi connectivity index (χ1) is 12.3. The molecule has 1 unspecified atom stereocenters. The first kappa shape index (κ1) is 19.0. The van der Waals surface area contributed by atoms with E-state index in [1.807, 2.05) is 24.3 Å². The summed E-state index contributed by atoms with van der Waals surface area (Å²) in [5, 5.41) is 9.19. The highest BCUT2D eigenvalue weighted by atomic mass is 32.1. The van der Waals surface area contributed by atoms with Gasteiger partial charge in [0.2, 0.25) is 5.13 Å². The van der Waals surface area contributed by atoms with E-state index in [0.29, 0.717) is 10.5 Å². The molecule has 3 aromatic rings. The van der Waals surface area contributed by atoms with Crippen molar-refractivity contribution < 1.29 is 0 Å².